The van der Waals surface area contributed by atoms with Crippen molar-refractivity contribution in [2.75, 3.05) is 13.2 Å². The van der Waals surface area contributed by atoms with E-state index < -0.39 is 0 Å². The standard InChI is InChI=1S/C22H43BO3.C12H26O.W/c1-2-3-4-5-6-9-12-16-21(26-22(25)18-15-19-23)17-13-10-7-8-11-14-20-24;1-3-5-7-8-10-12(11-13)9-6-4-2;/h21,24H,2-20H2,1H3;12-13H,3-11H2,1-2H3;. The van der Waals surface area contributed by atoms with Crippen molar-refractivity contribution in [3.63, 3.8) is 0 Å². The molecule has 0 aliphatic carbocycles. The second-order valence-corrected chi connectivity index (χ2v) is 11.6. The summed E-state index contributed by atoms with van der Waals surface area (Å²) in [5, 5.41) is 17.9. The first-order valence-corrected chi connectivity index (χ1v) is 17.2. The van der Waals surface area contributed by atoms with Crippen LogP contribution in [0.2, 0.25) is 6.32 Å². The van der Waals surface area contributed by atoms with Crippen LogP contribution in [0.5, 0.6) is 0 Å². The van der Waals surface area contributed by atoms with Gasteiger partial charge < -0.3 is 14.9 Å². The van der Waals surface area contributed by atoms with Gasteiger partial charge in [-0.1, -0.05) is 136 Å². The Morgan fingerprint density at radius 3 is 1.50 bits per heavy atom. The Morgan fingerprint density at radius 2 is 1.02 bits per heavy atom. The molecule has 2 radical (unpaired) electrons. The van der Waals surface area contributed by atoms with Gasteiger partial charge in [-0.3, -0.25) is 4.79 Å². The molecule has 0 rings (SSSR count). The van der Waals surface area contributed by atoms with E-state index in [4.69, 9.17) is 22.8 Å². The molecule has 0 saturated heterocycles. The number of aliphatic hydroxyl groups is 2. The molecule has 2 atom stereocenters. The van der Waals surface area contributed by atoms with Crippen LogP contribution in [0.4, 0.5) is 0 Å². The van der Waals surface area contributed by atoms with Crippen molar-refractivity contribution in [2.45, 2.75) is 194 Å². The number of aliphatic hydroxyl groups excluding tert-OH is 2. The summed E-state index contributed by atoms with van der Waals surface area (Å²) in [6.07, 6.45) is 29.9. The van der Waals surface area contributed by atoms with E-state index in [1.54, 1.807) is 0 Å². The van der Waals surface area contributed by atoms with E-state index in [0.29, 0.717) is 38.3 Å². The Bertz CT molecular complexity index is 449. The number of unbranched alkanes of at least 4 members (excludes halogenated alkanes) is 15. The molecule has 6 heteroatoms. The van der Waals surface area contributed by atoms with Crippen LogP contribution < -0.4 is 0 Å². The molecular formula is C34H69BO4W. The largest absolute Gasteiger partial charge is 0.462 e. The second-order valence-electron chi connectivity index (χ2n) is 11.6. The molecular weight excluding hydrogens is 667 g/mol. The van der Waals surface area contributed by atoms with E-state index in [1.807, 2.05) is 0 Å². The average molecular weight is 737 g/mol. The predicted octanol–water partition coefficient (Wildman–Crippen LogP) is 9.88. The van der Waals surface area contributed by atoms with Crippen LogP contribution in [0.25, 0.3) is 0 Å². The fourth-order valence-electron chi connectivity index (χ4n) is 4.95. The monoisotopic (exact) mass is 736 g/mol. The molecule has 0 spiro atoms. The summed E-state index contributed by atoms with van der Waals surface area (Å²) in [7, 11) is 5.48. The molecule has 0 fully saturated rings. The zero-order chi connectivity index (χ0) is 29.2. The minimum absolute atomic E-state index is 0. The number of ether oxygens (including phenoxy) is 1. The third kappa shape index (κ3) is 36.2. The zero-order valence-electron chi connectivity index (χ0n) is 27.2. The summed E-state index contributed by atoms with van der Waals surface area (Å²) in [5.41, 5.74) is 0. The van der Waals surface area contributed by atoms with Gasteiger partial charge in [-0.25, -0.2) is 0 Å². The molecule has 0 saturated carbocycles. The van der Waals surface area contributed by atoms with Crippen LogP contribution in [0.1, 0.15) is 181 Å². The Labute approximate surface area is 266 Å². The molecule has 0 bridgehead atoms. The number of hydrogen-bond acceptors (Lipinski definition) is 4. The zero-order valence-corrected chi connectivity index (χ0v) is 30.1. The van der Waals surface area contributed by atoms with Crippen LogP contribution in [0, 0.1) is 5.92 Å². The molecule has 0 aliphatic rings. The van der Waals surface area contributed by atoms with Crippen molar-refractivity contribution < 1.29 is 40.8 Å². The third-order valence-corrected chi connectivity index (χ3v) is 7.64. The van der Waals surface area contributed by atoms with Crippen molar-refractivity contribution in [1.82, 2.24) is 0 Å². The maximum absolute atomic E-state index is 11.9. The first kappa shape index (κ1) is 44.6. The molecule has 4 nitrogen and oxygen atoms in total. The van der Waals surface area contributed by atoms with Gasteiger partial charge in [-0.15, -0.1) is 0 Å². The Balaban J connectivity index is -0.000000825. The van der Waals surface area contributed by atoms with Gasteiger partial charge in [0, 0.05) is 40.7 Å². The van der Waals surface area contributed by atoms with Gasteiger partial charge in [0.2, 0.25) is 0 Å². The topological polar surface area (TPSA) is 66.8 Å². The van der Waals surface area contributed by atoms with Gasteiger partial charge >= 0.3 is 5.97 Å². The van der Waals surface area contributed by atoms with Gasteiger partial charge in [-0.2, -0.15) is 0 Å². The minimum atomic E-state index is -0.0775. The van der Waals surface area contributed by atoms with Crippen molar-refractivity contribution >= 4 is 13.8 Å². The summed E-state index contributed by atoms with van der Waals surface area (Å²) in [6, 6.07) is 0. The van der Waals surface area contributed by atoms with Crippen LogP contribution in [-0.2, 0) is 30.6 Å². The smallest absolute Gasteiger partial charge is 0.306 e. The number of esters is 1. The quantitative estimate of drug-likeness (QED) is 0.0456. The van der Waals surface area contributed by atoms with E-state index >= 15 is 0 Å². The van der Waals surface area contributed by atoms with Gasteiger partial charge in [0.25, 0.3) is 0 Å². The molecule has 0 aromatic carbocycles. The summed E-state index contributed by atoms with van der Waals surface area (Å²) in [6.45, 7) is 7.40. The fourth-order valence-corrected chi connectivity index (χ4v) is 4.95. The van der Waals surface area contributed by atoms with E-state index in [0.717, 1.165) is 38.5 Å². The van der Waals surface area contributed by atoms with Gasteiger partial charge in [-0.05, 0) is 50.9 Å². The van der Waals surface area contributed by atoms with Crippen molar-refractivity contribution in [3.8, 4) is 0 Å². The molecule has 0 amide bonds. The van der Waals surface area contributed by atoms with E-state index in [1.165, 1.54) is 109 Å². The second kappa shape index (κ2) is 39.1. The maximum atomic E-state index is 11.9. The van der Waals surface area contributed by atoms with E-state index in [-0.39, 0.29) is 33.1 Å². The molecule has 2 unspecified atom stereocenters. The Hall–Kier alpha value is 0.143. The first-order valence-electron chi connectivity index (χ1n) is 17.2. The molecule has 238 valence electrons. The number of rotatable bonds is 29. The van der Waals surface area contributed by atoms with Crippen LogP contribution in [0.3, 0.4) is 0 Å². The molecule has 0 aliphatic heterocycles. The number of hydrogen-bond donors (Lipinski definition) is 2. The normalized spacial score (nSPS) is 12.2. The summed E-state index contributed by atoms with van der Waals surface area (Å²) in [5.74, 6) is 0.503. The molecule has 2 N–H and O–H groups in total. The average Bonchev–Trinajstić information content (AvgIpc) is 2.95. The summed E-state index contributed by atoms with van der Waals surface area (Å²) >= 11 is 0. The Morgan fingerprint density at radius 1 is 0.600 bits per heavy atom. The molecule has 0 heterocycles. The molecule has 0 aromatic heterocycles. The van der Waals surface area contributed by atoms with Crippen molar-refractivity contribution in [1.29, 1.82) is 0 Å². The van der Waals surface area contributed by atoms with Crippen LogP contribution in [-0.4, -0.2) is 43.3 Å². The predicted molar refractivity (Wildman–Crippen MR) is 171 cm³/mol. The summed E-state index contributed by atoms with van der Waals surface area (Å²) in [4.78, 5) is 11.9. The summed E-state index contributed by atoms with van der Waals surface area (Å²) < 4.78 is 5.72. The Kier molecular flexibility index (Phi) is 43.6. The maximum Gasteiger partial charge on any atom is 0.306 e. The SMILES string of the molecule is CCCCCCC(CO)CCCC.[B]CCCC(=O)OC(CCCCCCCCC)CCCCCCCCO.[W]. The van der Waals surface area contributed by atoms with Crippen molar-refractivity contribution in [3.05, 3.63) is 0 Å². The number of carbonyl (C=O) groups excluding carboxylic acids is 1. The van der Waals surface area contributed by atoms with Crippen molar-refractivity contribution in [2.24, 2.45) is 5.92 Å². The van der Waals surface area contributed by atoms with E-state index in [9.17, 15) is 4.79 Å². The first-order chi connectivity index (χ1) is 19.1. The number of carbonyl (C=O) groups is 1. The molecule has 0 aromatic rings. The third-order valence-electron chi connectivity index (χ3n) is 7.64. The van der Waals surface area contributed by atoms with Crippen LogP contribution in [0.15, 0.2) is 0 Å². The van der Waals surface area contributed by atoms with E-state index in [2.05, 4.69) is 20.8 Å². The molecule has 40 heavy (non-hydrogen) atoms. The minimum Gasteiger partial charge on any atom is -0.462 e. The fraction of sp³-hybridized carbons (Fsp3) is 0.971. The van der Waals surface area contributed by atoms with Crippen LogP contribution >= 0.6 is 0 Å². The van der Waals surface area contributed by atoms with Gasteiger partial charge in [0.1, 0.15) is 6.10 Å². The van der Waals surface area contributed by atoms with Gasteiger partial charge in [0.05, 0.1) is 7.85 Å². The van der Waals surface area contributed by atoms with Gasteiger partial charge in [0.15, 0.2) is 0 Å².